The van der Waals surface area contributed by atoms with Crippen LogP contribution in [0.3, 0.4) is 0 Å². The van der Waals surface area contributed by atoms with Gasteiger partial charge in [-0.25, -0.2) is 4.98 Å². The number of aromatic nitrogens is 4. The standard InChI is InChI=1S/C21H19N5O3/c1-13-7-9-15(10-8-13)11-22-19(27)20-24-18(25-29-20)12-26-14(2)23-17-6-4-3-5-16(17)21(26)28/h3-10H,11-12H2,1-2H3,(H,22,27). The highest BCUT2D eigenvalue weighted by Gasteiger charge is 2.17. The summed E-state index contributed by atoms with van der Waals surface area (Å²) in [5.41, 5.74) is 2.56. The Labute approximate surface area is 166 Å². The number of nitrogens with zero attached hydrogens (tertiary/aromatic N) is 4. The monoisotopic (exact) mass is 389 g/mol. The SMILES string of the molecule is Cc1ccc(CNC(=O)c2nc(Cn3c(C)nc4ccccc4c3=O)no2)cc1. The number of nitrogens with one attached hydrogen (secondary N) is 1. The number of rotatable bonds is 5. The Morgan fingerprint density at radius 3 is 2.62 bits per heavy atom. The average Bonchev–Trinajstić information content (AvgIpc) is 3.19. The van der Waals surface area contributed by atoms with Crippen LogP contribution >= 0.6 is 0 Å². The van der Waals surface area contributed by atoms with Crippen molar-refractivity contribution in [2.24, 2.45) is 0 Å². The van der Waals surface area contributed by atoms with Crippen LogP contribution in [0.25, 0.3) is 10.9 Å². The minimum Gasteiger partial charge on any atom is -0.344 e. The topological polar surface area (TPSA) is 103 Å². The minimum atomic E-state index is -0.468. The molecule has 146 valence electrons. The normalized spacial score (nSPS) is 11.0. The van der Waals surface area contributed by atoms with Gasteiger partial charge >= 0.3 is 11.8 Å². The van der Waals surface area contributed by atoms with Crippen molar-refractivity contribution in [3.63, 3.8) is 0 Å². The summed E-state index contributed by atoms with van der Waals surface area (Å²) >= 11 is 0. The van der Waals surface area contributed by atoms with Crippen LogP contribution in [0.1, 0.15) is 33.5 Å². The lowest BCUT2D eigenvalue weighted by Crippen LogP contribution is -2.25. The number of benzene rings is 2. The van der Waals surface area contributed by atoms with Gasteiger partial charge in [0.2, 0.25) is 0 Å². The van der Waals surface area contributed by atoms with Gasteiger partial charge < -0.3 is 9.84 Å². The fourth-order valence-corrected chi connectivity index (χ4v) is 2.98. The maximum Gasteiger partial charge on any atom is 0.316 e. The van der Waals surface area contributed by atoms with Crippen LogP contribution in [0.15, 0.2) is 57.8 Å². The summed E-state index contributed by atoms with van der Waals surface area (Å²) in [6, 6.07) is 15.0. The number of carbonyl (C=O) groups excluding carboxylic acids is 1. The minimum absolute atomic E-state index is 0.0667. The van der Waals surface area contributed by atoms with Gasteiger partial charge in [-0.05, 0) is 31.5 Å². The van der Waals surface area contributed by atoms with Crippen molar-refractivity contribution in [3.8, 4) is 0 Å². The molecule has 4 rings (SSSR count). The van der Waals surface area contributed by atoms with E-state index in [-0.39, 0.29) is 23.8 Å². The smallest absolute Gasteiger partial charge is 0.316 e. The number of fused-ring (bicyclic) bond motifs is 1. The third kappa shape index (κ3) is 3.91. The fraction of sp³-hybridized carbons (Fsp3) is 0.190. The molecule has 8 nitrogen and oxygen atoms in total. The van der Waals surface area contributed by atoms with E-state index in [4.69, 9.17) is 4.52 Å². The molecule has 8 heteroatoms. The first kappa shape index (κ1) is 18.5. The molecule has 1 N–H and O–H groups in total. The molecule has 0 saturated carbocycles. The van der Waals surface area contributed by atoms with Gasteiger partial charge in [-0.2, -0.15) is 4.98 Å². The van der Waals surface area contributed by atoms with Crippen LogP contribution in [0, 0.1) is 13.8 Å². The van der Waals surface area contributed by atoms with E-state index >= 15 is 0 Å². The molecule has 1 amide bonds. The second kappa shape index (κ2) is 7.67. The zero-order valence-corrected chi connectivity index (χ0v) is 16.0. The van der Waals surface area contributed by atoms with E-state index in [1.807, 2.05) is 37.3 Å². The summed E-state index contributed by atoms with van der Waals surface area (Å²) in [6.45, 7) is 4.16. The van der Waals surface area contributed by atoms with Crippen molar-refractivity contribution in [1.82, 2.24) is 25.0 Å². The lowest BCUT2D eigenvalue weighted by atomic mass is 10.1. The highest BCUT2D eigenvalue weighted by Crippen LogP contribution is 2.09. The van der Waals surface area contributed by atoms with Crippen molar-refractivity contribution in [3.05, 3.63) is 87.6 Å². The predicted octanol–water partition coefficient (Wildman–Crippen LogP) is 2.37. The van der Waals surface area contributed by atoms with E-state index < -0.39 is 5.91 Å². The summed E-state index contributed by atoms with van der Waals surface area (Å²) < 4.78 is 6.52. The van der Waals surface area contributed by atoms with E-state index in [0.717, 1.165) is 11.1 Å². The first-order valence-corrected chi connectivity index (χ1v) is 9.14. The molecular formula is C21H19N5O3. The number of amides is 1. The molecule has 0 spiro atoms. The van der Waals surface area contributed by atoms with E-state index in [2.05, 4.69) is 20.4 Å². The lowest BCUT2D eigenvalue weighted by Gasteiger charge is -2.08. The number of para-hydroxylation sites is 1. The quantitative estimate of drug-likeness (QED) is 0.562. The molecule has 0 saturated heterocycles. The molecule has 0 bridgehead atoms. The van der Waals surface area contributed by atoms with Crippen molar-refractivity contribution >= 4 is 16.8 Å². The van der Waals surface area contributed by atoms with Gasteiger partial charge in [0.25, 0.3) is 5.56 Å². The van der Waals surface area contributed by atoms with Gasteiger partial charge in [-0.15, -0.1) is 0 Å². The van der Waals surface area contributed by atoms with Crippen LogP contribution in [-0.2, 0) is 13.1 Å². The molecule has 2 aromatic heterocycles. The van der Waals surface area contributed by atoms with Crippen molar-refractivity contribution in [1.29, 1.82) is 0 Å². The predicted molar refractivity (Wildman–Crippen MR) is 106 cm³/mol. The van der Waals surface area contributed by atoms with Gasteiger partial charge in [0, 0.05) is 6.54 Å². The Kier molecular flexibility index (Phi) is 4.90. The molecule has 2 heterocycles. The van der Waals surface area contributed by atoms with Gasteiger partial charge in [-0.1, -0.05) is 47.1 Å². The Morgan fingerprint density at radius 1 is 1.07 bits per heavy atom. The van der Waals surface area contributed by atoms with Crippen molar-refractivity contribution < 1.29 is 9.32 Å². The Bertz CT molecular complexity index is 1240. The molecular weight excluding hydrogens is 370 g/mol. The summed E-state index contributed by atoms with van der Waals surface area (Å²) in [7, 11) is 0. The first-order chi connectivity index (χ1) is 14.0. The summed E-state index contributed by atoms with van der Waals surface area (Å²) in [5, 5.41) is 7.08. The van der Waals surface area contributed by atoms with Crippen molar-refractivity contribution in [2.45, 2.75) is 26.9 Å². The molecule has 0 atom stereocenters. The lowest BCUT2D eigenvalue weighted by molar-refractivity contribution is 0.0907. The van der Waals surface area contributed by atoms with E-state index in [9.17, 15) is 9.59 Å². The second-order valence-corrected chi connectivity index (χ2v) is 6.75. The van der Waals surface area contributed by atoms with Crippen LogP contribution in [0.2, 0.25) is 0 Å². The molecule has 0 aliphatic heterocycles. The van der Waals surface area contributed by atoms with Crippen molar-refractivity contribution in [2.75, 3.05) is 0 Å². The summed E-state index contributed by atoms with van der Waals surface area (Å²) in [4.78, 5) is 33.6. The van der Waals surface area contributed by atoms with Crippen LogP contribution in [-0.4, -0.2) is 25.6 Å². The average molecular weight is 389 g/mol. The number of carbonyl (C=O) groups is 1. The number of hydrogen-bond acceptors (Lipinski definition) is 6. The Balaban J connectivity index is 1.49. The maximum atomic E-state index is 12.7. The van der Waals surface area contributed by atoms with E-state index in [1.165, 1.54) is 4.57 Å². The van der Waals surface area contributed by atoms with Crippen LogP contribution < -0.4 is 10.9 Å². The number of aryl methyl sites for hydroxylation is 2. The molecule has 29 heavy (non-hydrogen) atoms. The van der Waals surface area contributed by atoms with Crippen LogP contribution in [0.4, 0.5) is 0 Å². The Hall–Kier alpha value is -3.81. The van der Waals surface area contributed by atoms with Gasteiger partial charge in [-0.3, -0.25) is 14.2 Å². The van der Waals surface area contributed by atoms with E-state index in [1.54, 1.807) is 25.1 Å². The maximum absolute atomic E-state index is 12.7. The third-order valence-electron chi connectivity index (χ3n) is 4.59. The molecule has 0 unspecified atom stereocenters. The first-order valence-electron chi connectivity index (χ1n) is 9.14. The third-order valence-corrected chi connectivity index (χ3v) is 4.59. The van der Waals surface area contributed by atoms with Crippen LogP contribution in [0.5, 0.6) is 0 Å². The number of hydrogen-bond donors (Lipinski definition) is 1. The highest BCUT2D eigenvalue weighted by molar-refractivity contribution is 5.89. The Morgan fingerprint density at radius 2 is 1.83 bits per heavy atom. The fourth-order valence-electron chi connectivity index (χ4n) is 2.98. The molecule has 2 aromatic carbocycles. The summed E-state index contributed by atoms with van der Waals surface area (Å²) in [6.07, 6.45) is 0. The zero-order chi connectivity index (χ0) is 20.4. The molecule has 4 aromatic rings. The molecule has 0 aliphatic carbocycles. The zero-order valence-electron chi connectivity index (χ0n) is 16.0. The van der Waals surface area contributed by atoms with Gasteiger partial charge in [0.15, 0.2) is 5.82 Å². The van der Waals surface area contributed by atoms with Gasteiger partial charge in [0.1, 0.15) is 5.82 Å². The largest absolute Gasteiger partial charge is 0.344 e. The highest BCUT2D eigenvalue weighted by atomic mass is 16.5. The van der Waals surface area contributed by atoms with E-state index in [0.29, 0.717) is 23.3 Å². The van der Waals surface area contributed by atoms with Gasteiger partial charge in [0.05, 0.1) is 17.4 Å². The molecule has 0 aliphatic rings. The second-order valence-electron chi connectivity index (χ2n) is 6.75. The molecule has 0 fully saturated rings. The summed E-state index contributed by atoms with van der Waals surface area (Å²) in [5.74, 6) is 0.147. The molecule has 0 radical (unpaired) electrons.